The van der Waals surface area contributed by atoms with Crippen molar-refractivity contribution in [3.63, 3.8) is 0 Å². The van der Waals surface area contributed by atoms with Crippen molar-refractivity contribution in [3.8, 4) is 0 Å². The number of hydrogen-bond acceptors (Lipinski definition) is 48. The van der Waals surface area contributed by atoms with Gasteiger partial charge in [0, 0.05) is 97.1 Å². The second-order valence-electron chi connectivity index (χ2n) is 31.0. The molecule has 30 fully saturated rings. The van der Waals surface area contributed by atoms with E-state index >= 15 is 0 Å². The first-order valence-electron chi connectivity index (χ1n) is 40.6. The predicted octanol–water partition coefficient (Wildman–Crippen LogP) is -32.6. The minimum absolute atomic E-state index is 0. The molecule has 49 nitrogen and oxygen atoms in total. The fraction of sp³-hybridized carbons (Fsp3) is 0.889. The number of thioether (sulfide) groups is 7. The molecule has 0 aromatic carbocycles. The maximum absolute atomic E-state index is 13.9. The maximum Gasteiger partial charge on any atom is 1.00 e. The Bertz CT molecular complexity index is 3490. The molecule has 742 valence electrons. The third-order valence-electron chi connectivity index (χ3n) is 21.5. The molecule has 65 heteroatoms. The van der Waals surface area contributed by atoms with Gasteiger partial charge in [-0.2, -0.15) is 82.3 Å². The molecule has 41 atom stereocenters. The summed E-state index contributed by atoms with van der Waals surface area (Å²) in [7, 11) is -2.31. The summed E-state index contributed by atoms with van der Waals surface area (Å²) in [6, 6.07) is 0. The molecule has 0 aromatic rings. The fourth-order valence-corrected chi connectivity index (χ4v) is 22.9. The molecule has 16 bridgehead atoms. The Morgan fingerprint density at radius 2 is 0.314 bits per heavy atom. The molecule has 30 heterocycles. The van der Waals surface area contributed by atoms with Crippen molar-refractivity contribution >= 4 is 141 Å². The number of hydrogen-bond donors (Lipinski definition) is 24. The predicted molar refractivity (Wildman–Crippen MR) is 442 cm³/mol. The van der Waals surface area contributed by atoms with Crippen molar-refractivity contribution in [3.05, 3.63) is 0 Å². The first-order chi connectivity index (χ1) is 61.1. The summed E-state index contributed by atoms with van der Waals surface area (Å²) in [6.07, 6.45) is -88.2. The van der Waals surface area contributed by atoms with E-state index in [2.05, 4.69) is 0 Å². The van der Waals surface area contributed by atoms with Gasteiger partial charge in [-0.3, -0.25) is 42.6 Å². The largest absolute Gasteiger partial charge is 1.00 e. The van der Waals surface area contributed by atoms with E-state index in [9.17, 15) is 165 Å². The number of rotatable bonds is 40. The Balaban J connectivity index is 0.0000117. The summed E-state index contributed by atoms with van der Waals surface area (Å²) in [5.74, 6) is -15.9. The van der Waals surface area contributed by atoms with Crippen LogP contribution in [0.2, 0.25) is 0 Å². The second kappa shape index (κ2) is 69.8. The Morgan fingerprint density at radius 1 is 0.190 bits per heavy atom. The smallest absolute Gasteiger partial charge is 0.481 e. The number of carbonyl (C=O) groups is 8. The van der Waals surface area contributed by atoms with E-state index < -0.39 is 402 Å². The zero-order valence-corrected chi connectivity index (χ0v) is 98.8. The van der Waals surface area contributed by atoms with Gasteiger partial charge in [0.1, 0.15) is 153 Å². The number of carboxylic acids is 8. The summed E-state index contributed by atoms with van der Waals surface area (Å²) < 4.78 is 114. The number of ether oxygens (including phenoxy) is 16. The van der Waals surface area contributed by atoms with E-state index in [1.54, 1.807) is 0 Å². The van der Waals surface area contributed by atoms with Crippen molar-refractivity contribution in [2.24, 2.45) is 0 Å². The zero-order valence-electron chi connectivity index (χ0n) is 76.3. The monoisotopic (exact) mass is 2200 g/mol. The Morgan fingerprint density at radius 3 is 0.445 bits per heavy atom. The van der Waals surface area contributed by atoms with Gasteiger partial charge >= 0.3 is 284 Å². The number of aliphatic hydroxyl groups excluding tert-OH is 16. The van der Waals surface area contributed by atoms with Gasteiger partial charge < -0.3 is 198 Å². The van der Waals surface area contributed by atoms with Crippen molar-refractivity contribution < 1.29 is 477 Å². The molecule has 0 aromatic heterocycles. The van der Waals surface area contributed by atoms with Crippen LogP contribution in [0.15, 0.2) is 0 Å². The van der Waals surface area contributed by atoms with Gasteiger partial charge in [-0.1, -0.05) is 0 Å². The minimum atomic E-state index is -2.42. The van der Waals surface area contributed by atoms with Crippen LogP contribution in [0, 0.1) is 0 Å². The SMILES string of the molecule is O=C(O)CCSC[C@H]1O[C@@H]2O[C@H]3[C@H](O)[C@@H](O)[C@@H](O[C@H]4[C@H](O)[C@@H](O)[C@@H](O[C@H]5[C@H](O)[C@@H](O)[C@@H](O[C@H]6[C@H](O)[C@@H](O)[C@@H](O[C@H]7[C@H](O)[C@@H](O)[C@@H](O[C@H]8[C@H](O)[C@@H](O)[C@@H](O[C@H]9[C@H](O)[C@@H](O)[C@@H](O[C@H]1[C@H](O)[C@H]2O)O[C@@H]9CSCCC(=O)O)O[C@@H]8CSCCC(=O)O)O[C@@H]7CSCCC(=O)O)O[C@@H]6C[S@@](=O)CCC(=O)O)O[C@@H]5CSCCC(=O)O)O[C@@H]4CSCCC(=O)O)O[C@@H]3CSCCC(=O)O.[Na+].[Na+].[Na+].[Na+].[Na+].[Na+].[Na+].[Na+]. The quantitative estimate of drug-likeness (QED) is 0.0200. The van der Waals surface area contributed by atoms with Crippen LogP contribution in [-0.4, -0.2) is 512 Å². The Hall–Kier alpha value is 5.08. The molecule has 30 saturated heterocycles. The van der Waals surface area contributed by atoms with Crippen LogP contribution >= 0.6 is 82.3 Å². The van der Waals surface area contributed by atoms with E-state index in [0.717, 1.165) is 82.3 Å². The summed E-state index contributed by atoms with van der Waals surface area (Å²) >= 11 is 6.02. The summed E-state index contributed by atoms with van der Waals surface area (Å²) in [6.45, 7) is 0. The molecule has 0 unspecified atom stereocenters. The van der Waals surface area contributed by atoms with E-state index in [1.807, 2.05) is 0 Å². The summed E-state index contributed by atoms with van der Waals surface area (Å²) in [4.78, 5) is 94.4. The van der Waals surface area contributed by atoms with Crippen LogP contribution in [0.1, 0.15) is 51.4 Å². The van der Waals surface area contributed by atoms with Crippen molar-refractivity contribution in [2.75, 3.05) is 92.0 Å². The fourth-order valence-electron chi connectivity index (χ4n) is 14.8. The van der Waals surface area contributed by atoms with E-state index in [1.165, 1.54) is 0 Å². The van der Waals surface area contributed by atoms with Crippen molar-refractivity contribution in [1.82, 2.24) is 0 Å². The third kappa shape index (κ3) is 41.9. The summed E-state index contributed by atoms with van der Waals surface area (Å²) in [5, 5.41) is 272. The van der Waals surface area contributed by atoms with E-state index in [4.69, 9.17) is 75.8 Å². The minimum Gasteiger partial charge on any atom is -0.481 e. The van der Waals surface area contributed by atoms with Crippen molar-refractivity contribution in [1.29, 1.82) is 0 Å². The van der Waals surface area contributed by atoms with E-state index in [-0.39, 0.29) is 282 Å². The number of carboxylic acid groups (broad SMARTS) is 8. The maximum atomic E-state index is 13.9. The number of aliphatic carboxylic acids is 8. The third-order valence-corrected chi connectivity index (χ3v) is 30.3. The Labute approximate surface area is 993 Å². The molecule has 0 aliphatic carbocycles. The van der Waals surface area contributed by atoms with Crippen LogP contribution in [0.3, 0.4) is 0 Å². The number of aliphatic hydroxyl groups is 16. The van der Waals surface area contributed by atoms with Crippen LogP contribution < -0.4 is 236 Å². The summed E-state index contributed by atoms with van der Waals surface area (Å²) in [5.41, 5.74) is 0. The molecular weight excluding hydrogens is 2090 g/mol. The van der Waals surface area contributed by atoms with Crippen LogP contribution in [0.25, 0.3) is 0 Å². The van der Waals surface area contributed by atoms with Gasteiger partial charge in [-0.15, -0.1) is 0 Å². The van der Waals surface area contributed by atoms with Gasteiger partial charge in [0.15, 0.2) is 50.3 Å². The molecule has 24 N–H and O–H groups in total. The van der Waals surface area contributed by atoms with Crippen molar-refractivity contribution in [2.45, 2.75) is 297 Å². The van der Waals surface area contributed by atoms with E-state index in [0.29, 0.717) is 0 Å². The topological polar surface area (TPSA) is 787 Å². The van der Waals surface area contributed by atoms with Crippen LogP contribution in [0.5, 0.6) is 0 Å². The molecule has 0 spiro atoms. The van der Waals surface area contributed by atoms with Crippen LogP contribution in [-0.2, 0) is 125 Å². The molecule has 0 saturated carbocycles. The molecule has 30 aliphatic heterocycles. The first kappa shape index (κ1) is 140. The second-order valence-corrected chi connectivity index (χ2v) is 40.7. The van der Waals surface area contributed by atoms with Crippen LogP contribution in [0.4, 0.5) is 0 Å². The average molecular weight is 2200 g/mol. The molecule has 137 heavy (non-hydrogen) atoms. The average Bonchev–Trinajstić information content (AvgIpc) is 0.768. The standard InChI is InChI=1S/C72H112O49S8.8Na/c73-33(74)1-9-122-17-25-57-41(89)49(97)65(106-25)115-58-26(18-123-10-2-34(75)76)108-67(51(99)43(58)91)117-60-28(20-125-12-4-36(79)80)110-69(53(101)45(60)93)119-62-30(22-127-14-6-38(83)84)112-71(55(103)47(62)95)121-64-32(24-129(105)16-8-40(87)88)113-72(56(104)48(64)96)120-63-31(23-128-15-7-39(85)86)111-70(54(102)46(63)94)118-61-29(21-126-13-5-37(81)82)109-68(52(100)44(61)92)116-59-27(19-124-11-3-35(77)78)107-66(114-57)50(98)42(59)90;;;;;;;;/h25-32,41-72,89-104H,1-24H2,(H,73,74)(H,75,76)(H,77,78)(H,79,80)(H,81,82)(H,83,84)(H,85,86)(H,87,88);;;;;;;;/q;8*+1/t25-,26-,27-,28-,29-,30-,31-,32-,41-,42-,43-,44-,45-,46-,47-,48-,49-,50-,51-,52-,53-,54-,55-,56-,57-,58-,59-,60-,61-,62-,63-,64-,65-,66-,67-,68-,69-,70-,71-,72-,129+;;;;;;;;/m1......../s1. The first-order valence-corrected chi connectivity index (χ1v) is 50.2. The normalized spacial score (nSPS) is 39.1. The van der Waals surface area contributed by atoms with Gasteiger partial charge in [0.2, 0.25) is 0 Å². The molecular formula is C72H112Na8O49S8+8. The Kier molecular flexibility index (Phi) is 71.4. The molecule has 30 rings (SSSR count). The van der Waals surface area contributed by atoms with Gasteiger partial charge in [-0.25, -0.2) is 0 Å². The zero-order chi connectivity index (χ0) is 94.5. The van der Waals surface area contributed by atoms with Gasteiger partial charge in [0.05, 0.1) is 99.8 Å². The van der Waals surface area contributed by atoms with Gasteiger partial charge in [0.25, 0.3) is 0 Å². The molecule has 30 aliphatic rings. The molecule has 0 amide bonds. The van der Waals surface area contributed by atoms with Gasteiger partial charge in [-0.05, 0) is 0 Å². The molecule has 0 radical (unpaired) electrons.